The van der Waals surface area contributed by atoms with Gasteiger partial charge in [0.25, 0.3) is 5.91 Å². The number of rotatable bonds is 8. The van der Waals surface area contributed by atoms with E-state index in [0.29, 0.717) is 28.8 Å². The maximum atomic E-state index is 12.4. The number of methoxy groups -OCH3 is 1. The topological polar surface area (TPSA) is 97.1 Å². The van der Waals surface area contributed by atoms with Gasteiger partial charge in [-0.15, -0.1) is 10.2 Å². The normalized spacial score (nSPS) is 11.0. The number of hydrogen-bond acceptors (Lipinski definition) is 7. The van der Waals surface area contributed by atoms with Crippen LogP contribution in [0, 0.1) is 18.3 Å². The molecule has 0 saturated heterocycles. The van der Waals surface area contributed by atoms with Crippen LogP contribution in [0.1, 0.15) is 28.6 Å². The maximum absolute atomic E-state index is 12.4. The number of nitrogens with one attached hydrogen (secondary N) is 1. The Bertz CT molecular complexity index is 1150. The first-order valence-electron chi connectivity index (χ1n) is 9.65. The highest BCUT2D eigenvalue weighted by Crippen LogP contribution is 2.30. The van der Waals surface area contributed by atoms with Crippen molar-refractivity contribution in [2.45, 2.75) is 26.9 Å². The molecule has 0 bridgehead atoms. The van der Waals surface area contributed by atoms with Gasteiger partial charge in [0, 0.05) is 0 Å². The molecule has 158 valence electrons. The maximum Gasteiger partial charge on any atom is 0.268 e. The van der Waals surface area contributed by atoms with Crippen LogP contribution in [0.4, 0.5) is 5.13 Å². The van der Waals surface area contributed by atoms with Gasteiger partial charge in [-0.3, -0.25) is 10.1 Å². The number of nitriles is 1. The Hall–Kier alpha value is -3.70. The zero-order valence-corrected chi connectivity index (χ0v) is 18.3. The van der Waals surface area contributed by atoms with Gasteiger partial charge in [-0.1, -0.05) is 48.6 Å². The fourth-order valence-electron chi connectivity index (χ4n) is 2.75. The minimum absolute atomic E-state index is 0.0520. The quantitative estimate of drug-likeness (QED) is 0.413. The number of aryl methyl sites for hydroxylation is 2. The molecule has 0 unspecified atom stereocenters. The lowest BCUT2D eigenvalue weighted by Gasteiger charge is -2.12. The number of aromatic nitrogens is 2. The van der Waals surface area contributed by atoms with Gasteiger partial charge < -0.3 is 9.47 Å². The van der Waals surface area contributed by atoms with Crippen LogP contribution in [0.25, 0.3) is 6.08 Å². The van der Waals surface area contributed by atoms with Crippen molar-refractivity contribution in [2.24, 2.45) is 0 Å². The Morgan fingerprint density at radius 2 is 2.03 bits per heavy atom. The van der Waals surface area contributed by atoms with E-state index in [1.165, 1.54) is 17.4 Å². The number of carbonyl (C=O) groups is 1. The molecule has 0 aliphatic rings. The van der Waals surface area contributed by atoms with Crippen molar-refractivity contribution in [1.82, 2.24) is 10.2 Å². The largest absolute Gasteiger partial charge is 0.493 e. The van der Waals surface area contributed by atoms with Crippen LogP contribution < -0.4 is 14.8 Å². The molecule has 2 aromatic carbocycles. The molecule has 0 aliphatic heterocycles. The zero-order chi connectivity index (χ0) is 22.2. The summed E-state index contributed by atoms with van der Waals surface area (Å²) in [6.45, 7) is 4.39. The summed E-state index contributed by atoms with van der Waals surface area (Å²) in [6, 6.07) is 15.2. The third-order valence-corrected chi connectivity index (χ3v) is 5.48. The van der Waals surface area contributed by atoms with Crippen molar-refractivity contribution in [3.63, 3.8) is 0 Å². The SMILES string of the molecule is CCc1nnc(NC(=O)/C(C#N)=C/c2ccc(OCc3ccccc3C)c(OC)c2)s1. The standard InChI is InChI=1S/C23H22N4O3S/c1-4-21-26-27-23(31-21)25-22(28)18(13-24)11-16-9-10-19(20(12-16)29-3)30-14-17-8-6-5-7-15(17)2/h5-12H,4,14H2,1-3H3,(H,25,27,28)/b18-11+. The second kappa shape index (κ2) is 10.4. The Morgan fingerprint density at radius 3 is 2.71 bits per heavy atom. The van der Waals surface area contributed by atoms with E-state index in [-0.39, 0.29) is 5.57 Å². The molecule has 0 fully saturated rings. The molecule has 1 heterocycles. The van der Waals surface area contributed by atoms with Gasteiger partial charge in [-0.05, 0) is 48.2 Å². The molecule has 0 atom stereocenters. The van der Waals surface area contributed by atoms with Crippen molar-refractivity contribution in [1.29, 1.82) is 5.26 Å². The molecule has 1 amide bonds. The summed E-state index contributed by atoms with van der Waals surface area (Å²) >= 11 is 1.28. The number of hydrogen-bond donors (Lipinski definition) is 1. The minimum Gasteiger partial charge on any atom is -0.493 e. The average molecular weight is 435 g/mol. The van der Waals surface area contributed by atoms with E-state index in [2.05, 4.69) is 15.5 Å². The van der Waals surface area contributed by atoms with Crippen LogP contribution in [0.2, 0.25) is 0 Å². The van der Waals surface area contributed by atoms with Gasteiger partial charge >= 0.3 is 0 Å². The summed E-state index contributed by atoms with van der Waals surface area (Å²) in [5.41, 5.74) is 2.81. The van der Waals surface area contributed by atoms with Gasteiger partial charge in [-0.2, -0.15) is 5.26 Å². The summed E-state index contributed by atoms with van der Waals surface area (Å²) in [5, 5.41) is 21.1. The van der Waals surface area contributed by atoms with Crippen molar-refractivity contribution in [3.05, 3.63) is 69.7 Å². The van der Waals surface area contributed by atoms with Gasteiger partial charge in [0.2, 0.25) is 5.13 Å². The van der Waals surface area contributed by atoms with Crippen molar-refractivity contribution >= 4 is 28.5 Å². The third-order valence-electron chi connectivity index (χ3n) is 4.50. The molecule has 0 saturated carbocycles. The molecule has 1 aromatic heterocycles. The van der Waals surface area contributed by atoms with E-state index in [1.54, 1.807) is 25.3 Å². The van der Waals surface area contributed by atoms with Crippen LogP contribution in [0.15, 0.2) is 48.0 Å². The third kappa shape index (κ3) is 5.68. The summed E-state index contributed by atoms with van der Waals surface area (Å²) in [4.78, 5) is 12.4. The molecule has 0 aliphatic carbocycles. The molecule has 1 N–H and O–H groups in total. The lowest BCUT2D eigenvalue weighted by molar-refractivity contribution is -0.112. The molecular formula is C23H22N4O3S. The van der Waals surface area contributed by atoms with E-state index in [0.717, 1.165) is 22.6 Å². The minimum atomic E-state index is -0.542. The first-order chi connectivity index (χ1) is 15.0. The van der Waals surface area contributed by atoms with E-state index in [4.69, 9.17) is 9.47 Å². The van der Waals surface area contributed by atoms with Crippen LogP contribution >= 0.6 is 11.3 Å². The fraction of sp³-hybridized carbons (Fsp3) is 0.217. The highest BCUT2D eigenvalue weighted by atomic mass is 32.1. The predicted molar refractivity (Wildman–Crippen MR) is 120 cm³/mol. The van der Waals surface area contributed by atoms with Crippen LogP contribution in [-0.2, 0) is 17.8 Å². The molecule has 31 heavy (non-hydrogen) atoms. The number of amides is 1. The molecule has 3 aromatic rings. The summed E-state index contributed by atoms with van der Waals surface area (Å²) < 4.78 is 11.4. The second-order valence-electron chi connectivity index (χ2n) is 6.60. The Morgan fingerprint density at radius 1 is 1.23 bits per heavy atom. The molecule has 0 spiro atoms. The van der Waals surface area contributed by atoms with E-state index in [1.807, 2.05) is 44.2 Å². The second-order valence-corrected chi connectivity index (χ2v) is 7.67. The Kier molecular flexibility index (Phi) is 7.35. The molecule has 3 rings (SSSR count). The number of carbonyl (C=O) groups excluding carboxylic acids is 1. The average Bonchev–Trinajstić information content (AvgIpc) is 3.24. The van der Waals surface area contributed by atoms with Crippen LogP contribution in [0.3, 0.4) is 0 Å². The number of benzene rings is 2. The van der Waals surface area contributed by atoms with Crippen molar-refractivity contribution in [3.8, 4) is 17.6 Å². The first kappa shape index (κ1) is 22.0. The van der Waals surface area contributed by atoms with Crippen LogP contribution in [0.5, 0.6) is 11.5 Å². The lowest BCUT2D eigenvalue weighted by Crippen LogP contribution is -2.13. The Labute approximate surface area is 185 Å². The summed E-state index contributed by atoms with van der Waals surface area (Å²) in [7, 11) is 1.54. The molecular weight excluding hydrogens is 412 g/mol. The van der Waals surface area contributed by atoms with E-state index < -0.39 is 5.91 Å². The highest BCUT2D eigenvalue weighted by Gasteiger charge is 2.13. The van der Waals surface area contributed by atoms with Gasteiger partial charge in [0.15, 0.2) is 11.5 Å². The van der Waals surface area contributed by atoms with E-state index in [9.17, 15) is 10.1 Å². The first-order valence-corrected chi connectivity index (χ1v) is 10.5. The van der Waals surface area contributed by atoms with Gasteiger partial charge in [0.1, 0.15) is 23.3 Å². The van der Waals surface area contributed by atoms with E-state index >= 15 is 0 Å². The zero-order valence-electron chi connectivity index (χ0n) is 17.5. The monoisotopic (exact) mass is 434 g/mol. The smallest absolute Gasteiger partial charge is 0.268 e. The fourth-order valence-corrected chi connectivity index (χ4v) is 3.42. The summed E-state index contributed by atoms with van der Waals surface area (Å²) in [5.74, 6) is 0.545. The number of nitrogens with zero attached hydrogens (tertiary/aromatic N) is 3. The van der Waals surface area contributed by atoms with Gasteiger partial charge in [0.05, 0.1) is 7.11 Å². The summed E-state index contributed by atoms with van der Waals surface area (Å²) in [6.07, 6.45) is 2.22. The lowest BCUT2D eigenvalue weighted by atomic mass is 10.1. The van der Waals surface area contributed by atoms with Crippen molar-refractivity contribution in [2.75, 3.05) is 12.4 Å². The molecule has 0 radical (unpaired) electrons. The van der Waals surface area contributed by atoms with Crippen molar-refractivity contribution < 1.29 is 14.3 Å². The number of anilines is 1. The molecule has 8 heteroatoms. The highest BCUT2D eigenvalue weighted by molar-refractivity contribution is 7.15. The van der Waals surface area contributed by atoms with Crippen LogP contribution in [-0.4, -0.2) is 23.2 Å². The number of ether oxygens (including phenoxy) is 2. The molecule has 7 nitrogen and oxygen atoms in total. The predicted octanol–water partition coefficient (Wildman–Crippen LogP) is 4.54. The van der Waals surface area contributed by atoms with Gasteiger partial charge in [-0.25, -0.2) is 0 Å². The Balaban J connectivity index is 1.75.